The van der Waals surface area contributed by atoms with Crippen molar-refractivity contribution < 1.29 is 17.6 Å². The number of benzene rings is 2. The van der Waals surface area contributed by atoms with Gasteiger partial charge in [-0.05, 0) is 30.5 Å². The molecule has 0 aliphatic rings. The molecule has 0 spiro atoms. The van der Waals surface area contributed by atoms with E-state index in [4.69, 9.17) is 5.26 Å². The summed E-state index contributed by atoms with van der Waals surface area (Å²) in [7, 11) is 0. The van der Waals surface area contributed by atoms with Crippen LogP contribution in [0.15, 0.2) is 34.5 Å². The molecule has 0 aromatic heterocycles. The maximum absolute atomic E-state index is 13.7. The Morgan fingerprint density at radius 3 is 2.00 bits per heavy atom. The number of hydrogen-bond donors (Lipinski definition) is 0. The van der Waals surface area contributed by atoms with Gasteiger partial charge in [0.2, 0.25) is 0 Å². The van der Waals surface area contributed by atoms with Gasteiger partial charge in [0.1, 0.15) is 11.6 Å². The number of nitrogens with zero attached hydrogens (tertiary/aromatic N) is 3. The van der Waals surface area contributed by atoms with E-state index in [0.717, 1.165) is 30.9 Å². The SMILES string of the molecule is CCCCc1ccc(N=Nc2c(F)c(F)c(C#N)c(F)c2F)cc1. The Morgan fingerprint density at radius 2 is 1.50 bits per heavy atom. The third-order valence-electron chi connectivity index (χ3n) is 3.37. The summed E-state index contributed by atoms with van der Waals surface area (Å²) < 4.78 is 54.4. The van der Waals surface area contributed by atoms with Crippen molar-refractivity contribution in [3.05, 3.63) is 58.7 Å². The van der Waals surface area contributed by atoms with E-state index in [-0.39, 0.29) is 5.69 Å². The normalized spacial score (nSPS) is 11.0. The van der Waals surface area contributed by atoms with E-state index >= 15 is 0 Å². The van der Waals surface area contributed by atoms with Crippen LogP contribution in [0.2, 0.25) is 0 Å². The van der Waals surface area contributed by atoms with Crippen LogP contribution in [-0.4, -0.2) is 0 Å². The molecule has 2 rings (SSSR count). The lowest BCUT2D eigenvalue weighted by molar-refractivity contribution is 0.452. The van der Waals surface area contributed by atoms with E-state index < -0.39 is 34.5 Å². The molecule has 7 heteroatoms. The van der Waals surface area contributed by atoms with E-state index in [2.05, 4.69) is 17.2 Å². The zero-order chi connectivity index (χ0) is 17.7. The number of hydrogen-bond acceptors (Lipinski definition) is 3. The fraction of sp³-hybridized carbons (Fsp3) is 0.235. The molecule has 2 aromatic carbocycles. The van der Waals surface area contributed by atoms with Crippen LogP contribution in [0.1, 0.15) is 30.9 Å². The Labute approximate surface area is 136 Å². The Bertz CT molecular complexity index is 779. The second kappa shape index (κ2) is 7.68. The number of unbranched alkanes of at least 4 members (excludes halogenated alkanes) is 1. The quantitative estimate of drug-likeness (QED) is 0.383. The van der Waals surface area contributed by atoms with Gasteiger partial charge in [0.25, 0.3) is 0 Å². The summed E-state index contributed by atoms with van der Waals surface area (Å²) in [4.78, 5) is 0. The summed E-state index contributed by atoms with van der Waals surface area (Å²) in [5, 5.41) is 15.4. The van der Waals surface area contributed by atoms with Crippen molar-refractivity contribution in [2.45, 2.75) is 26.2 Å². The van der Waals surface area contributed by atoms with Crippen molar-refractivity contribution >= 4 is 11.4 Å². The number of rotatable bonds is 5. The average molecular weight is 335 g/mol. The topological polar surface area (TPSA) is 48.5 Å². The molecule has 3 nitrogen and oxygen atoms in total. The highest BCUT2D eigenvalue weighted by Gasteiger charge is 2.25. The van der Waals surface area contributed by atoms with Gasteiger partial charge in [0.15, 0.2) is 29.0 Å². The van der Waals surface area contributed by atoms with E-state index in [1.807, 2.05) is 0 Å². The van der Waals surface area contributed by atoms with Gasteiger partial charge in [-0.15, -0.1) is 5.11 Å². The minimum Gasteiger partial charge on any atom is -0.202 e. The Kier molecular flexibility index (Phi) is 5.64. The zero-order valence-electron chi connectivity index (χ0n) is 12.8. The second-order valence-electron chi connectivity index (χ2n) is 5.06. The third-order valence-corrected chi connectivity index (χ3v) is 3.37. The molecule has 124 valence electrons. The Hall–Kier alpha value is -2.75. The van der Waals surface area contributed by atoms with Crippen molar-refractivity contribution in [1.82, 2.24) is 0 Å². The summed E-state index contributed by atoms with van der Waals surface area (Å²) in [6.45, 7) is 2.07. The fourth-order valence-electron chi connectivity index (χ4n) is 2.02. The predicted molar refractivity (Wildman–Crippen MR) is 80.2 cm³/mol. The highest BCUT2D eigenvalue weighted by atomic mass is 19.2. The van der Waals surface area contributed by atoms with Gasteiger partial charge in [0.05, 0.1) is 5.69 Å². The summed E-state index contributed by atoms with van der Waals surface area (Å²) in [6.07, 6.45) is 2.97. The van der Waals surface area contributed by atoms with Crippen molar-refractivity contribution in [3.63, 3.8) is 0 Å². The van der Waals surface area contributed by atoms with E-state index in [1.165, 1.54) is 0 Å². The first-order valence-corrected chi connectivity index (χ1v) is 7.26. The Balaban J connectivity index is 2.31. The van der Waals surface area contributed by atoms with Gasteiger partial charge < -0.3 is 0 Å². The number of aryl methyl sites for hydroxylation is 1. The van der Waals surface area contributed by atoms with E-state index in [9.17, 15) is 17.6 Å². The largest absolute Gasteiger partial charge is 0.202 e. The molecule has 0 atom stereocenters. The molecule has 0 heterocycles. The van der Waals surface area contributed by atoms with Crippen LogP contribution in [0, 0.1) is 34.6 Å². The van der Waals surface area contributed by atoms with E-state index in [1.54, 1.807) is 24.3 Å². The standard InChI is InChI=1S/C17H13F4N3/c1-2-3-4-10-5-7-11(8-6-10)23-24-17-15(20)13(18)12(9-22)14(19)16(17)21/h5-8H,2-4H2,1H3. The molecule has 0 saturated carbocycles. The summed E-state index contributed by atoms with van der Waals surface area (Å²) in [6, 6.07) is 7.81. The summed E-state index contributed by atoms with van der Waals surface area (Å²) >= 11 is 0. The average Bonchev–Trinajstić information content (AvgIpc) is 2.60. The third kappa shape index (κ3) is 3.59. The summed E-state index contributed by atoms with van der Waals surface area (Å²) in [5.41, 5.74) is -1.19. The minimum atomic E-state index is -1.79. The molecular weight excluding hydrogens is 322 g/mol. The molecule has 0 N–H and O–H groups in total. The first-order chi connectivity index (χ1) is 11.5. The van der Waals surface area contributed by atoms with Gasteiger partial charge in [-0.2, -0.15) is 10.4 Å². The lowest BCUT2D eigenvalue weighted by atomic mass is 10.1. The molecule has 0 unspecified atom stereocenters. The van der Waals surface area contributed by atoms with Crippen LogP contribution in [0.4, 0.5) is 28.9 Å². The minimum absolute atomic E-state index is 0.277. The van der Waals surface area contributed by atoms with Crippen molar-refractivity contribution in [2.24, 2.45) is 10.2 Å². The fourth-order valence-corrected chi connectivity index (χ4v) is 2.02. The lowest BCUT2D eigenvalue weighted by Crippen LogP contribution is -2.00. The molecule has 0 amide bonds. The molecule has 0 saturated heterocycles. The van der Waals surface area contributed by atoms with Gasteiger partial charge in [-0.3, -0.25) is 0 Å². The Morgan fingerprint density at radius 1 is 0.917 bits per heavy atom. The summed E-state index contributed by atoms with van der Waals surface area (Å²) in [5.74, 6) is -7.09. The van der Waals surface area contributed by atoms with Crippen LogP contribution >= 0.6 is 0 Å². The molecule has 0 fully saturated rings. The lowest BCUT2D eigenvalue weighted by Gasteiger charge is -2.04. The van der Waals surface area contributed by atoms with E-state index in [0.29, 0.717) is 0 Å². The molecule has 0 bridgehead atoms. The van der Waals surface area contributed by atoms with Gasteiger partial charge in [-0.1, -0.05) is 25.5 Å². The number of nitriles is 1. The maximum Gasteiger partial charge on any atom is 0.190 e. The van der Waals surface area contributed by atoms with Gasteiger partial charge >= 0.3 is 0 Å². The number of halogens is 4. The molecule has 0 aliphatic carbocycles. The highest BCUT2D eigenvalue weighted by Crippen LogP contribution is 2.31. The molecule has 24 heavy (non-hydrogen) atoms. The van der Waals surface area contributed by atoms with Gasteiger partial charge in [-0.25, -0.2) is 17.6 Å². The van der Waals surface area contributed by atoms with Crippen molar-refractivity contribution in [3.8, 4) is 6.07 Å². The van der Waals surface area contributed by atoms with Crippen molar-refractivity contribution in [1.29, 1.82) is 5.26 Å². The monoisotopic (exact) mass is 335 g/mol. The van der Waals surface area contributed by atoms with Crippen molar-refractivity contribution in [2.75, 3.05) is 0 Å². The predicted octanol–water partition coefficient (Wildman–Crippen LogP) is 5.87. The molecule has 2 aromatic rings. The first-order valence-electron chi connectivity index (χ1n) is 7.26. The van der Waals surface area contributed by atoms with Crippen LogP contribution < -0.4 is 0 Å². The smallest absolute Gasteiger partial charge is 0.190 e. The first kappa shape index (κ1) is 17.6. The molecule has 0 radical (unpaired) electrons. The molecule has 0 aliphatic heterocycles. The number of azo groups is 1. The second-order valence-corrected chi connectivity index (χ2v) is 5.06. The van der Waals surface area contributed by atoms with Crippen LogP contribution in [0.3, 0.4) is 0 Å². The maximum atomic E-state index is 13.7. The highest BCUT2D eigenvalue weighted by molar-refractivity contribution is 5.48. The van der Waals surface area contributed by atoms with Gasteiger partial charge in [0, 0.05) is 0 Å². The van der Waals surface area contributed by atoms with Crippen LogP contribution in [0.5, 0.6) is 0 Å². The van der Waals surface area contributed by atoms with Crippen LogP contribution in [-0.2, 0) is 6.42 Å². The zero-order valence-corrected chi connectivity index (χ0v) is 12.8. The van der Waals surface area contributed by atoms with Crippen LogP contribution in [0.25, 0.3) is 0 Å². The molecular formula is C17H13F4N3.